The first-order chi connectivity index (χ1) is 11.6. The molecule has 2 rings (SSSR count). The Morgan fingerprint density at radius 3 is 2.75 bits per heavy atom. The van der Waals surface area contributed by atoms with Gasteiger partial charge in [0.2, 0.25) is 5.91 Å². The number of carbonyl (C=O) groups excluding carboxylic acids is 2. The molecule has 6 heteroatoms. The van der Waals surface area contributed by atoms with Crippen LogP contribution in [0.3, 0.4) is 0 Å². The molecular formula is C18H28N4O2. The Morgan fingerprint density at radius 1 is 1.29 bits per heavy atom. The molecule has 1 heterocycles. The van der Waals surface area contributed by atoms with Crippen LogP contribution in [0.2, 0.25) is 0 Å². The number of carbonyl (C=O) groups is 2. The number of hydrogen-bond donors (Lipinski definition) is 3. The molecule has 0 saturated heterocycles. The van der Waals surface area contributed by atoms with Crippen molar-refractivity contribution in [2.75, 3.05) is 19.6 Å². The Labute approximate surface area is 143 Å². The smallest absolute Gasteiger partial charge is 0.318 e. The molecule has 0 bridgehead atoms. The van der Waals surface area contributed by atoms with Crippen LogP contribution in [-0.4, -0.2) is 42.5 Å². The average molecular weight is 332 g/mol. The predicted octanol–water partition coefficient (Wildman–Crippen LogP) is 1.39. The van der Waals surface area contributed by atoms with E-state index in [9.17, 15) is 9.59 Å². The van der Waals surface area contributed by atoms with Crippen LogP contribution in [-0.2, 0) is 17.8 Å². The van der Waals surface area contributed by atoms with Crippen molar-refractivity contribution in [2.45, 2.75) is 45.2 Å². The minimum atomic E-state index is -0.197. The number of nitrogens with zero attached hydrogens (tertiary/aromatic N) is 1. The van der Waals surface area contributed by atoms with Gasteiger partial charge in [0.1, 0.15) is 0 Å². The summed E-state index contributed by atoms with van der Waals surface area (Å²) in [5.74, 6) is -0.188. The lowest BCUT2D eigenvalue weighted by Gasteiger charge is -2.29. The SMILES string of the molecule is CCCCC(CN)NC(=O)CNC(=O)N1CCc2ccccc2C1. The third-order valence-corrected chi connectivity index (χ3v) is 4.37. The van der Waals surface area contributed by atoms with E-state index in [-0.39, 0.29) is 24.5 Å². The molecule has 1 aromatic carbocycles. The van der Waals surface area contributed by atoms with E-state index >= 15 is 0 Å². The molecule has 6 nitrogen and oxygen atoms in total. The molecule has 0 spiro atoms. The third-order valence-electron chi connectivity index (χ3n) is 4.37. The van der Waals surface area contributed by atoms with Crippen molar-refractivity contribution in [1.82, 2.24) is 15.5 Å². The lowest BCUT2D eigenvalue weighted by Crippen LogP contribution is -2.48. The highest BCUT2D eigenvalue weighted by Gasteiger charge is 2.20. The summed E-state index contributed by atoms with van der Waals surface area (Å²) in [4.78, 5) is 26.0. The summed E-state index contributed by atoms with van der Waals surface area (Å²) in [7, 11) is 0. The molecule has 1 atom stereocenters. The highest BCUT2D eigenvalue weighted by molar-refractivity contribution is 5.84. The number of nitrogens with two attached hydrogens (primary N) is 1. The minimum absolute atomic E-state index is 0.0143. The van der Waals surface area contributed by atoms with Crippen LogP contribution in [0.1, 0.15) is 37.3 Å². The number of benzene rings is 1. The molecule has 1 aliphatic rings. The maximum Gasteiger partial charge on any atom is 0.318 e. The van der Waals surface area contributed by atoms with Crippen LogP contribution >= 0.6 is 0 Å². The fourth-order valence-corrected chi connectivity index (χ4v) is 2.91. The lowest BCUT2D eigenvalue weighted by atomic mass is 10.0. The molecule has 0 radical (unpaired) electrons. The van der Waals surface area contributed by atoms with Crippen LogP contribution in [0.5, 0.6) is 0 Å². The van der Waals surface area contributed by atoms with Gasteiger partial charge in [0, 0.05) is 25.7 Å². The van der Waals surface area contributed by atoms with Crippen LogP contribution in [0.4, 0.5) is 4.79 Å². The second kappa shape index (κ2) is 9.27. The van der Waals surface area contributed by atoms with E-state index in [1.807, 2.05) is 18.2 Å². The van der Waals surface area contributed by atoms with Crippen molar-refractivity contribution < 1.29 is 9.59 Å². The number of nitrogens with one attached hydrogen (secondary N) is 2. The van der Waals surface area contributed by atoms with E-state index in [0.717, 1.165) is 25.7 Å². The maximum atomic E-state index is 12.2. The Balaban J connectivity index is 1.76. The first-order valence-electron chi connectivity index (χ1n) is 8.73. The van der Waals surface area contributed by atoms with E-state index in [1.165, 1.54) is 11.1 Å². The lowest BCUT2D eigenvalue weighted by molar-refractivity contribution is -0.120. The zero-order valence-corrected chi connectivity index (χ0v) is 14.4. The van der Waals surface area contributed by atoms with Crippen molar-refractivity contribution in [2.24, 2.45) is 5.73 Å². The van der Waals surface area contributed by atoms with Gasteiger partial charge >= 0.3 is 6.03 Å². The second-order valence-corrected chi connectivity index (χ2v) is 6.24. The summed E-state index contributed by atoms with van der Waals surface area (Å²) in [6, 6.07) is 7.93. The van der Waals surface area contributed by atoms with Crippen molar-refractivity contribution in [1.29, 1.82) is 0 Å². The molecule has 24 heavy (non-hydrogen) atoms. The zero-order valence-electron chi connectivity index (χ0n) is 14.4. The molecule has 0 fully saturated rings. The monoisotopic (exact) mass is 332 g/mol. The van der Waals surface area contributed by atoms with Gasteiger partial charge in [0.05, 0.1) is 6.54 Å². The van der Waals surface area contributed by atoms with Crippen molar-refractivity contribution >= 4 is 11.9 Å². The van der Waals surface area contributed by atoms with Gasteiger partial charge in [-0.2, -0.15) is 0 Å². The van der Waals surface area contributed by atoms with Gasteiger partial charge in [-0.05, 0) is 24.0 Å². The topological polar surface area (TPSA) is 87.5 Å². The number of fused-ring (bicyclic) bond motifs is 1. The molecule has 0 saturated carbocycles. The van der Waals surface area contributed by atoms with Gasteiger partial charge in [-0.15, -0.1) is 0 Å². The quantitative estimate of drug-likeness (QED) is 0.705. The van der Waals surface area contributed by atoms with Gasteiger partial charge in [0.15, 0.2) is 0 Å². The van der Waals surface area contributed by atoms with E-state index in [2.05, 4.69) is 23.6 Å². The molecule has 4 N–H and O–H groups in total. The standard InChI is InChI=1S/C18H28N4O2/c1-2-3-8-16(11-19)21-17(23)12-20-18(24)22-10-9-14-6-4-5-7-15(14)13-22/h4-7,16H,2-3,8-13,19H2,1H3,(H,20,24)(H,21,23). The largest absolute Gasteiger partial charge is 0.351 e. The summed E-state index contributed by atoms with van der Waals surface area (Å²) in [5.41, 5.74) is 8.13. The van der Waals surface area contributed by atoms with Gasteiger partial charge in [0.25, 0.3) is 0 Å². The molecule has 1 unspecified atom stereocenters. The minimum Gasteiger partial charge on any atom is -0.351 e. The van der Waals surface area contributed by atoms with Crippen molar-refractivity contribution in [3.8, 4) is 0 Å². The van der Waals surface area contributed by atoms with Crippen LogP contribution in [0.25, 0.3) is 0 Å². The fraction of sp³-hybridized carbons (Fsp3) is 0.556. The normalized spacial score (nSPS) is 14.7. The Bertz CT molecular complexity index is 562. The zero-order chi connectivity index (χ0) is 17.4. The van der Waals surface area contributed by atoms with E-state index < -0.39 is 0 Å². The summed E-state index contributed by atoms with van der Waals surface area (Å²) in [6.07, 6.45) is 3.82. The van der Waals surface area contributed by atoms with Gasteiger partial charge in [-0.1, -0.05) is 44.0 Å². The van der Waals surface area contributed by atoms with Gasteiger partial charge in [-0.3, -0.25) is 4.79 Å². The van der Waals surface area contributed by atoms with E-state index in [1.54, 1.807) is 4.90 Å². The van der Waals surface area contributed by atoms with Crippen molar-refractivity contribution in [3.63, 3.8) is 0 Å². The highest BCUT2D eigenvalue weighted by atomic mass is 16.2. The molecular weight excluding hydrogens is 304 g/mol. The number of unbranched alkanes of at least 4 members (excludes halogenated alkanes) is 1. The van der Waals surface area contributed by atoms with Gasteiger partial charge in [-0.25, -0.2) is 4.79 Å². The van der Waals surface area contributed by atoms with Crippen LogP contribution in [0, 0.1) is 0 Å². The summed E-state index contributed by atoms with van der Waals surface area (Å²) in [5, 5.41) is 5.58. The highest BCUT2D eigenvalue weighted by Crippen LogP contribution is 2.18. The Kier molecular flexibility index (Phi) is 7.06. The summed E-state index contributed by atoms with van der Waals surface area (Å²) >= 11 is 0. The maximum absolute atomic E-state index is 12.2. The van der Waals surface area contributed by atoms with E-state index in [4.69, 9.17) is 5.73 Å². The number of amides is 3. The third kappa shape index (κ3) is 5.23. The summed E-state index contributed by atoms with van der Waals surface area (Å²) < 4.78 is 0. The first-order valence-corrected chi connectivity index (χ1v) is 8.73. The summed E-state index contributed by atoms with van der Waals surface area (Å²) in [6.45, 7) is 3.77. The average Bonchev–Trinajstić information content (AvgIpc) is 2.62. The first kappa shape index (κ1) is 18.3. The molecule has 0 aliphatic carbocycles. The molecule has 1 aromatic rings. The second-order valence-electron chi connectivity index (χ2n) is 6.24. The predicted molar refractivity (Wildman–Crippen MR) is 94.5 cm³/mol. The number of urea groups is 1. The van der Waals surface area contributed by atoms with E-state index in [0.29, 0.717) is 19.6 Å². The van der Waals surface area contributed by atoms with Crippen molar-refractivity contribution in [3.05, 3.63) is 35.4 Å². The van der Waals surface area contributed by atoms with Gasteiger partial charge < -0.3 is 21.3 Å². The van der Waals surface area contributed by atoms with Crippen LogP contribution < -0.4 is 16.4 Å². The molecule has 1 aliphatic heterocycles. The van der Waals surface area contributed by atoms with Crippen LogP contribution in [0.15, 0.2) is 24.3 Å². The number of rotatable bonds is 7. The fourth-order valence-electron chi connectivity index (χ4n) is 2.91. The molecule has 0 aromatic heterocycles. The molecule has 132 valence electrons. The Hall–Kier alpha value is -2.08. The molecule has 3 amide bonds. The Morgan fingerprint density at radius 2 is 2.04 bits per heavy atom. The number of hydrogen-bond acceptors (Lipinski definition) is 3.